The molecule has 2 rings (SSSR count). The highest BCUT2D eigenvalue weighted by molar-refractivity contribution is 5.75. The van der Waals surface area contributed by atoms with Gasteiger partial charge < -0.3 is 14.7 Å². The highest BCUT2D eigenvalue weighted by Crippen LogP contribution is 2.33. The molecule has 0 bridgehead atoms. The molecule has 1 heterocycles. The fourth-order valence-electron chi connectivity index (χ4n) is 2.88. The van der Waals surface area contributed by atoms with E-state index in [0.29, 0.717) is 12.2 Å². The van der Waals surface area contributed by atoms with Gasteiger partial charge in [-0.2, -0.15) is 0 Å². The SMILES string of the molecule is CC.CCC(=O)N1CCC(c2cc(C)c(OC)cc2F)CC1.CO. The predicted molar refractivity (Wildman–Crippen MR) is 96.0 cm³/mol. The Bertz CT molecular complexity index is 498. The number of carbonyl (C=O) groups excluding carboxylic acids is 1. The lowest BCUT2D eigenvalue weighted by molar-refractivity contribution is -0.131. The van der Waals surface area contributed by atoms with Gasteiger partial charge in [-0.3, -0.25) is 4.79 Å². The molecule has 0 aliphatic carbocycles. The number of amides is 1. The third-order valence-electron chi connectivity index (χ3n) is 4.10. The number of hydrogen-bond acceptors (Lipinski definition) is 3. The van der Waals surface area contributed by atoms with E-state index in [4.69, 9.17) is 9.84 Å². The lowest BCUT2D eigenvalue weighted by Crippen LogP contribution is -2.37. The van der Waals surface area contributed by atoms with Crippen molar-refractivity contribution < 1.29 is 19.0 Å². The first-order valence-corrected chi connectivity index (χ1v) is 8.63. The largest absolute Gasteiger partial charge is 0.496 e. The van der Waals surface area contributed by atoms with Crippen LogP contribution in [0.4, 0.5) is 4.39 Å². The highest BCUT2D eigenvalue weighted by Gasteiger charge is 2.25. The standard InChI is InChI=1S/C16H22FNO2.C2H6.CH4O/c1-4-16(19)18-7-5-12(6-8-18)13-9-11(2)15(20-3)10-14(13)17;2*1-2/h9-10,12H,4-8H2,1-3H3;1-2H3;2H,1H3. The van der Waals surface area contributed by atoms with Gasteiger partial charge in [-0.1, -0.05) is 20.8 Å². The third kappa shape index (κ3) is 5.78. The van der Waals surface area contributed by atoms with Crippen molar-refractivity contribution in [3.63, 3.8) is 0 Å². The third-order valence-corrected chi connectivity index (χ3v) is 4.10. The molecule has 1 aromatic rings. The van der Waals surface area contributed by atoms with E-state index >= 15 is 0 Å². The number of hydrogen-bond donors (Lipinski definition) is 1. The molecule has 1 fully saturated rings. The van der Waals surface area contributed by atoms with Crippen LogP contribution in [0.5, 0.6) is 5.75 Å². The Hall–Kier alpha value is -1.62. The second kappa shape index (κ2) is 11.8. The van der Waals surface area contributed by atoms with Gasteiger partial charge >= 0.3 is 0 Å². The molecule has 4 nitrogen and oxygen atoms in total. The minimum absolute atomic E-state index is 0.190. The van der Waals surface area contributed by atoms with Crippen LogP contribution in [-0.4, -0.2) is 43.2 Å². The molecule has 1 aliphatic rings. The van der Waals surface area contributed by atoms with Crippen LogP contribution in [0.1, 0.15) is 57.1 Å². The van der Waals surface area contributed by atoms with Gasteiger partial charge in [0.15, 0.2) is 0 Å². The van der Waals surface area contributed by atoms with Gasteiger partial charge in [0.05, 0.1) is 7.11 Å². The molecule has 0 atom stereocenters. The van der Waals surface area contributed by atoms with Gasteiger partial charge in [-0.05, 0) is 42.9 Å². The Balaban J connectivity index is 0.00000123. The number of piperidine rings is 1. The van der Waals surface area contributed by atoms with Gasteiger partial charge in [0.2, 0.25) is 5.91 Å². The predicted octanol–water partition coefficient (Wildman–Crippen LogP) is 3.89. The quantitative estimate of drug-likeness (QED) is 0.907. The Kier molecular flexibility index (Phi) is 11.0. The zero-order chi connectivity index (χ0) is 18.7. The molecule has 5 heteroatoms. The lowest BCUT2D eigenvalue weighted by Gasteiger charge is -2.32. The molecule has 0 saturated carbocycles. The molecule has 1 N–H and O–H groups in total. The van der Waals surface area contributed by atoms with E-state index in [-0.39, 0.29) is 17.6 Å². The minimum Gasteiger partial charge on any atom is -0.496 e. The smallest absolute Gasteiger partial charge is 0.222 e. The average molecular weight is 341 g/mol. The van der Waals surface area contributed by atoms with Crippen molar-refractivity contribution >= 4 is 5.91 Å². The number of aliphatic hydroxyl groups is 1. The number of carbonyl (C=O) groups is 1. The molecule has 0 spiro atoms. The zero-order valence-corrected chi connectivity index (χ0v) is 15.9. The van der Waals surface area contributed by atoms with E-state index in [0.717, 1.165) is 44.2 Å². The van der Waals surface area contributed by atoms with Gasteiger partial charge in [0.25, 0.3) is 0 Å². The Morgan fingerprint density at radius 3 is 2.29 bits per heavy atom. The average Bonchev–Trinajstić information content (AvgIpc) is 2.66. The maximum atomic E-state index is 14.2. The minimum atomic E-state index is -0.201. The van der Waals surface area contributed by atoms with E-state index in [9.17, 15) is 9.18 Å². The van der Waals surface area contributed by atoms with Crippen molar-refractivity contribution in [1.82, 2.24) is 4.90 Å². The maximum absolute atomic E-state index is 14.2. The van der Waals surface area contributed by atoms with E-state index in [1.165, 1.54) is 6.07 Å². The summed E-state index contributed by atoms with van der Waals surface area (Å²) >= 11 is 0. The molecular formula is C19H32FNO3. The Labute approximate surface area is 145 Å². The first kappa shape index (κ1) is 22.4. The van der Waals surface area contributed by atoms with Crippen molar-refractivity contribution in [3.8, 4) is 5.75 Å². The van der Waals surface area contributed by atoms with Crippen molar-refractivity contribution in [2.24, 2.45) is 0 Å². The fourth-order valence-corrected chi connectivity index (χ4v) is 2.88. The Morgan fingerprint density at radius 2 is 1.83 bits per heavy atom. The number of ether oxygens (including phenoxy) is 1. The van der Waals surface area contributed by atoms with Crippen molar-refractivity contribution in [3.05, 3.63) is 29.1 Å². The summed E-state index contributed by atoms with van der Waals surface area (Å²) in [7, 11) is 2.55. The van der Waals surface area contributed by atoms with Crippen LogP contribution in [0.3, 0.4) is 0 Å². The molecule has 1 saturated heterocycles. The molecule has 24 heavy (non-hydrogen) atoms. The van der Waals surface area contributed by atoms with E-state index in [1.807, 2.05) is 38.7 Å². The first-order chi connectivity index (χ1) is 11.6. The summed E-state index contributed by atoms with van der Waals surface area (Å²) in [5, 5.41) is 7.00. The molecule has 0 unspecified atom stereocenters. The maximum Gasteiger partial charge on any atom is 0.222 e. The summed E-state index contributed by atoms with van der Waals surface area (Å²) in [5.74, 6) is 0.771. The van der Waals surface area contributed by atoms with Crippen LogP contribution in [0.15, 0.2) is 12.1 Å². The number of methoxy groups -OCH3 is 1. The van der Waals surface area contributed by atoms with Gasteiger partial charge in [-0.15, -0.1) is 0 Å². The van der Waals surface area contributed by atoms with Crippen LogP contribution < -0.4 is 4.74 Å². The summed E-state index contributed by atoms with van der Waals surface area (Å²) in [5.41, 5.74) is 1.71. The summed E-state index contributed by atoms with van der Waals surface area (Å²) in [6.07, 6.45) is 2.20. The number of likely N-dealkylation sites (tertiary alicyclic amines) is 1. The first-order valence-electron chi connectivity index (χ1n) is 8.63. The van der Waals surface area contributed by atoms with Crippen LogP contribution in [0, 0.1) is 12.7 Å². The Morgan fingerprint density at radius 1 is 1.29 bits per heavy atom. The molecule has 138 valence electrons. The topological polar surface area (TPSA) is 49.8 Å². The van der Waals surface area contributed by atoms with Gasteiger partial charge in [-0.25, -0.2) is 4.39 Å². The zero-order valence-electron chi connectivity index (χ0n) is 15.9. The summed E-state index contributed by atoms with van der Waals surface area (Å²) in [6, 6.07) is 3.35. The summed E-state index contributed by atoms with van der Waals surface area (Å²) < 4.78 is 19.3. The number of halogens is 1. The van der Waals surface area contributed by atoms with Crippen LogP contribution in [0.2, 0.25) is 0 Å². The second-order valence-corrected chi connectivity index (χ2v) is 5.35. The highest BCUT2D eigenvalue weighted by atomic mass is 19.1. The number of aliphatic hydroxyl groups excluding tert-OH is 1. The van der Waals surface area contributed by atoms with Gasteiger partial charge in [0, 0.05) is 32.7 Å². The number of nitrogens with zero attached hydrogens (tertiary/aromatic N) is 1. The normalized spacial score (nSPS) is 14.1. The number of aryl methyl sites for hydroxylation is 1. The van der Waals surface area contributed by atoms with Crippen molar-refractivity contribution in [2.45, 2.75) is 52.9 Å². The number of benzene rings is 1. The second-order valence-electron chi connectivity index (χ2n) is 5.35. The molecule has 0 radical (unpaired) electrons. The van der Waals surface area contributed by atoms with E-state index in [2.05, 4.69) is 0 Å². The molecule has 1 amide bonds. The van der Waals surface area contributed by atoms with Crippen molar-refractivity contribution in [1.29, 1.82) is 0 Å². The van der Waals surface area contributed by atoms with Crippen LogP contribution >= 0.6 is 0 Å². The van der Waals surface area contributed by atoms with E-state index in [1.54, 1.807) is 7.11 Å². The monoisotopic (exact) mass is 341 g/mol. The van der Waals surface area contributed by atoms with Gasteiger partial charge in [0.1, 0.15) is 11.6 Å². The van der Waals surface area contributed by atoms with Crippen LogP contribution in [-0.2, 0) is 4.79 Å². The summed E-state index contributed by atoms with van der Waals surface area (Å²) in [6.45, 7) is 9.25. The molecular weight excluding hydrogens is 309 g/mol. The van der Waals surface area contributed by atoms with Crippen LogP contribution in [0.25, 0.3) is 0 Å². The molecule has 1 aliphatic heterocycles. The molecule has 1 aromatic carbocycles. The molecule has 0 aromatic heterocycles. The fraction of sp³-hybridized carbons (Fsp3) is 0.632. The summed E-state index contributed by atoms with van der Waals surface area (Å²) in [4.78, 5) is 13.5. The van der Waals surface area contributed by atoms with E-state index < -0.39 is 0 Å². The lowest BCUT2D eigenvalue weighted by atomic mass is 9.88. The number of rotatable bonds is 3. The van der Waals surface area contributed by atoms with Crippen molar-refractivity contribution in [2.75, 3.05) is 27.3 Å².